The Balaban J connectivity index is 2.88. The monoisotopic (exact) mass is 992 g/mol. The number of benzene rings is 2. The van der Waals surface area contributed by atoms with Gasteiger partial charge in [-0.25, -0.2) is 0 Å². The molecule has 0 unspecified atom stereocenters. The second-order valence-corrected chi connectivity index (χ2v) is 217. The molecule has 2 aliphatic rings. The normalized spacial score (nSPS) is 22.7. The van der Waals surface area contributed by atoms with Gasteiger partial charge in [-0.15, -0.1) is 0 Å². The summed E-state index contributed by atoms with van der Waals surface area (Å²) in [5.74, 6) is 0. The maximum absolute atomic E-state index is 3.41. The molecule has 2 aromatic carbocycles. The highest BCUT2D eigenvalue weighted by Crippen LogP contribution is 2.63. The maximum atomic E-state index is 3.41. The maximum Gasteiger partial charge on any atom is 0.0627 e. The molecular weight excluding hydrogens is 906 g/mol. The van der Waals surface area contributed by atoms with Crippen LogP contribution in [0.25, 0.3) is 0 Å². The summed E-state index contributed by atoms with van der Waals surface area (Å²) in [5, 5.41) is 4.21. The quantitative estimate of drug-likeness (QED) is 0.208. The van der Waals surface area contributed by atoms with E-state index in [-0.39, 0.29) is 0 Å². The standard InChI is InChI=1S/C38H88Si16/c1-41(2,3)51(42(4,5)6)39-40(53(45(13,14)15,46(16,17)18)49(51,25)37-33-29-27-30-34-37)54(47(19,20)21,48(22,23)24)50(26,38-35-31-28-32-36-38)52(39,43(7,8)9)44(10,11)12/h27-36H,1-26H3. The van der Waals surface area contributed by atoms with Crippen LogP contribution in [0.5, 0.6) is 0 Å². The molecule has 2 aliphatic heterocycles. The third kappa shape index (κ3) is 5.48. The summed E-state index contributed by atoms with van der Waals surface area (Å²) < 4.78 is 0. The summed E-state index contributed by atoms with van der Waals surface area (Å²) >= 11 is 0. The van der Waals surface area contributed by atoms with Gasteiger partial charge < -0.3 is 0 Å². The second-order valence-electron chi connectivity index (χ2n) is 26.7. The van der Waals surface area contributed by atoms with Crippen LogP contribution in [0, 0.1) is 0 Å². The van der Waals surface area contributed by atoms with Crippen LogP contribution < -0.4 is 10.4 Å². The van der Waals surface area contributed by atoms with E-state index in [1.807, 2.05) is 0 Å². The van der Waals surface area contributed by atoms with Crippen molar-refractivity contribution >= 4 is 124 Å². The first-order chi connectivity index (χ1) is 23.7. The van der Waals surface area contributed by atoms with E-state index in [1.54, 1.807) is 0 Å². The van der Waals surface area contributed by atoms with E-state index < -0.39 is 113 Å². The molecule has 0 bridgehead atoms. The van der Waals surface area contributed by atoms with Crippen molar-refractivity contribution in [1.29, 1.82) is 0 Å². The van der Waals surface area contributed by atoms with E-state index in [1.165, 1.54) is 0 Å². The predicted octanol–water partition coefficient (Wildman–Crippen LogP) is 10.8. The molecule has 4 rings (SSSR count). The molecule has 0 aliphatic carbocycles. The third-order valence-corrected chi connectivity index (χ3v) is 515. The van der Waals surface area contributed by atoms with Crippen LogP contribution >= 0.6 is 0 Å². The van der Waals surface area contributed by atoms with Gasteiger partial charge in [-0.1, -0.05) is 241 Å². The van der Waals surface area contributed by atoms with Crippen LogP contribution in [0.15, 0.2) is 60.7 Å². The highest BCUT2D eigenvalue weighted by molar-refractivity contribution is 8.51. The number of rotatable bonds is 10. The third-order valence-electron chi connectivity index (χ3n) is 16.5. The van der Waals surface area contributed by atoms with Gasteiger partial charge in [-0.2, -0.15) is 0 Å². The van der Waals surface area contributed by atoms with Gasteiger partial charge in [0.25, 0.3) is 0 Å². The van der Waals surface area contributed by atoms with Crippen LogP contribution in [-0.4, -0.2) is 113 Å². The molecule has 0 spiro atoms. The summed E-state index contributed by atoms with van der Waals surface area (Å²) in [4.78, 5) is 0. The molecule has 0 radical (unpaired) electrons. The fourth-order valence-electron chi connectivity index (χ4n) is 18.8. The number of hydrogen-bond acceptors (Lipinski definition) is 0. The topological polar surface area (TPSA) is 0 Å². The smallest absolute Gasteiger partial charge is 0.0627 e. The summed E-state index contributed by atoms with van der Waals surface area (Å²) in [7, 11) is -17.5. The van der Waals surface area contributed by atoms with Crippen LogP contribution in [0.2, 0.25) is 170 Å². The predicted molar refractivity (Wildman–Crippen MR) is 297 cm³/mol. The first-order valence-corrected chi connectivity index (χ1v) is 82.6. The van der Waals surface area contributed by atoms with Crippen molar-refractivity contribution in [3.05, 3.63) is 60.7 Å². The Hall–Kier alpha value is 1.91. The Morgan fingerprint density at radius 1 is 0.278 bits per heavy atom. The molecule has 304 valence electrons. The summed E-state index contributed by atoms with van der Waals surface area (Å²) in [6, 6.07) is 26.8. The lowest BCUT2D eigenvalue weighted by Crippen LogP contribution is -3.10. The lowest BCUT2D eigenvalue weighted by Gasteiger charge is -2.75. The first kappa shape index (κ1) is 48.6. The second kappa shape index (κ2) is 13.7. The van der Waals surface area contributed by atoms with Gasteiger partial charge in [0, 0.05) is 85.3 Å². The Morgan fingerprint density at radius 2 is 0.426 bits per heavy atom. The van der Waals surface area contributed by atoms with Crippen molar-refractivity contribution in [3.63, 3.8) is 0 Å². The van der Waals surface area contributed by atoms with Gasteiger partial charge in [-0.3, -0.25) is 0 Å². The van der Waals surface area contributed by atoms with E-state index in [4.69, 9.17) is 0 Å². The largest absolute Gasteiger partial charge is 0.0719 e. The molecule has 0 nitrogen and oxygen atoms in total. The van der Waals surface area contributed by atoms with Crippen LogP contribution in [0.3, 0.4) is 0 Å². The zero-order valence-corrected chi connectivity index (χ0v) is 56.8. The molecule has 2 heterocycles. The molecule has 0 N–H and O–H groups in total. The molecular formula is C38H88Si16. The molecule has 2 aromatic rings. The SMILES string of the molecule is C[Si](C)(C)[Si]1([Si](C)(C)C)[Si]2=[Si]([Si]([Si](C)(C)C)([Si](C)(C)C)[Si]1(C)c1ccccc1)[Si]([Si](C)(C)C)([Si](C)(C)C)[Si](C)(c1ccccc1)[Si]2([Si](C)(C)C)[Si](C)(C)C. The Labute approximate surface area is 351 Å². The average molecular weight is 994 g/mol. The highest BCUT2D eigenvalue weighted by atomic mass is 30.7. The molecule has 0 saturated heterocycles. The fraction of sp³-hybridized carbons (Fsp3) is 0.684. The average Bonchev–Trinajstić information content (AvgIpc) is 3.30. The van der Waals surface area contributed by atoms with E-state index in [0.717, 1.165) is 0 Å². The Morgan fingerprint density at radius 3 is 0.556 bits per heavy atom. The molecule has 16 heteroatoms. The van der Waals surface area contributed by atoms with E-state index in [9.17, 15) is 0 Å². The van der Waals surface area contributed by atoms with Crippen molar-refractivity contribution in [2.75, 3.05) is 0 Å². The minimum Gasteiger partial charge on any atom is -0.0719 e. The molecule has 54 heavy (non-hydrogen) atoms. The lowest BCUT2D eigenvalue weighted by atomic mass is 10.4. The summed E-state index contributed by atoms with van der Waals surface area (Å²) in [6.45, 7) is 81.0. The van der Waals surface area contributed by atoms with Gasteiger partial charge in [0.1, 0.15) is 0 Å². The van der Waals surface area contributed by atoms with E-state index >= 15 is 0 Å². The van der Waals surface area contributed by atoms with Crippen molar-refractivity contribution in [1.82, 2.24) is 0 Å². The van der Waals surface area contributed by atoms with Crippen molar-refractivity contribution in [3.8, 4) is 0 Å². The van der Waals surface area contributed by atoms with Gasteiger partial charge in [0.05, 0.1) is 14.2 Å². The molecule has 0 atom stereocenters. The first-order valence-electron chi connectivity index (χ1n) is 21.6. The van der Waals surface area contributed by atoms with Crippen LogP contribution in [-0.2, 0) is 0 Å². The van der Waals surface area contributed by atoms with Gasteiger partial charge in [-0.05, 0) is 13.9 Å². The summed E-state index contributed by atoms with van der Waals surface area (Å²) in [5.41, 5.74) is 0. The lowest BCUT2D eigenvalue weighted by molar-refractivity contribution is 1.73. The van der Waals surface area contributed by atoms with Crippen molar-refractivity contribution in [2.24, 2.45) is 0 Å². The molecule has 0 amide bonds. The molecule has 0 saturated carbocycles. The zero-order chi connectivity index (χ0) is 42.4. The Kier molecular flexibility index (Phi) is 12.3. The van der Waals surface area contributed by atoms with Crippen molar-refractivity contribution < 1.29 is 0 Å². The fourth-order valence-corrected chi connectivity index (χ4v) is 1210. The van der Waals surface area contributed by atoms with Gasteiger partial charge >= 0.3 is 0 Å². The van der Waals surface area contributed by atoms with Crippen LogP contribution in [0.1, 0.15) is 0 Å². The minimum absolute atomic E-state index is 0.578. The highest BCUT2D eigenvalue weighted by Gasteiger charge is 2.95. The molecule has 0 fully saturated rings. The summed E-state index contributed by atoms with van der Waals surface area (Å²) in [6.07, 6.45) is -7.59. The molecule has 0 aromatic heterocycles. The van der Waals surface area contributed by atoms with Crippen molar-refractivity contribution in [2.45, 2.75) is 170 Å². The Bertz CT molecular complexity index is 1490. The van der Waals surface area contributed by atoms with Gasteiger partial charge in [0.2, 0.25) is 0 Å². The van der Waals surface area contributed by atoms with Crippen LogP contribution in [0.4, 0.5) is 0 Å². The van der Waals surface area contributed by atoms with Gasteiger partial charge in [0.15, 0.2) is 0 Å². The zero-order valence-electron chi connectivity index (χ0n) is 40.8. The van der Waals surface area contributed by atoms with E-state index in [2.05, 4.69) is 241 Å². The number of hydrogen-bond donors (Lipinski definition) is 0. The van der Waals surface area contributed by atoms with E-state index in [0.29, 0.717) is 0 Å². The minimum atomic E-state index is -2.02.